The highest BCUT2D eigenvalue weighted by Crippen LogP contribution is 2.29. The number of hydrogen-bond acceptors (Lipinski definition) is 6. The van der Waals surface area contributed by atoms with Crippen LogP contribution in [0, 0.1) is 5.92 Å². The largest absolute Gasteiger partial charge is 0.415 e. The van der Waals surface area contributed by atoms with Gasteiger partial charge in [-0.2, -0.15) is 0 Å². The van der Waals surface area contributed by atoms with Crippen molar-refractivity contribution in [3.05, 3.63) is 36.0 Å². The maximum atomic E-state index is 12.6. The SMILES string of the molecule is CC(=O)Nc1cnc(Sc2ccc(C(=O)NC3CN4CCC3CC4)cc2)o1. The van der Waals surface area contributed by atoms with Gasteiger partial charge in [-0.05, 0) is 67.9 Å². The number of rotatable bonds is 5. The van der Waals surface area contributed by atoms with Gasteiger partial charge in [0.05, 0.1) is 6.20 Å². The van der Waals surface area contributed by atoms with E-state index in [9.17, 15) is 9.59 Å². The maximum absolute atomic E-state index is 12.6. The number of hydrogen-bond donors (Lipinski definition) is 2. The van der Waals surface area contributed by atoms with Crippen LogP contribution in [-0.4, -0.2) is 47.4 Å². The summed E-state index contributed by atoms with van der Waals surface area (Å²) in [7, 11) is 0. The van der Waals surface area contributed by atoms with Gasteiger partial charge in [0.1, 0.15) is 0 Å². The number of aromatic nitrogens is 1. The first-order chi connectivity index (χ1) is 13.1. The van der Waals surface area contributed by atoms with Gasteiger partial charge in [-0.3, -0.25) is 14.9 Å². The van der Waals surface area contributed by atoms with E-state index in [-0.39, 0.29) is 17.9 Å². The van der Waals surface area contributed by atoms with Gasteiger partial charge in [-0.15, -0.1) is 0 Å². The van der Waals surface area contributed by atoms with Crippen molar-refractivity contribution in [1.29, 1.82) is 0 Å². The van der Waals surface area contributed by atoms with Crippen LogP contribution in [0.25, 0.3) is 0 Å². The van der Waals surface area contributed by atoms with Crippen LogP contribution in [0.3, 0.4) is 0 Å². The standard InChI is InChI=1S/C19H22N4O3S/c1-12(24)21-17-10-20-19(26-17)27-15-4-2-14(3-5-15)18(25)22-16-11-23-8-6-13(16)7-9-23/h2-5,10,13,16H,6-9,11H2,1H3,(H,21,24)(H,22,25). The summed E-state index contributed by atoms with van der Waals surface area (Å²) in [5.74, 6) is 0.700. The van der Waals surface area contributed by atoms with Crippen molar-refractivity contribution in [2.24, 2.45) is 5.92 Å². The lowest BCUT2D eigenvalue weighted by Gasteiger charge is -2.44. The monoisotopic (exact) mass is 386 g/mol. The Hall–Kier alpha value is -2.32. The minimum absolute atomic E-state index is 0.0191. The van der Waals surface area contributed by atoms with Crippen molar-refractivity contribution in [1.82, 2.24) is 15.2 Å². The smallest absolute Gasteiger partial charge is 0.262 e. The molecule has 1 atom stereocenters. The predicted octanol–water partition coefficient (Wildman–Crippen LogP) is 2.61. The molecule has 3 aliphatic rings. The molecule has 0 aliphatic carbocycles. The zero-order chi connectivity index (χ0) is 18.8. The van der Waals surface area contributed by atoms with Crippen LogP contribution in [0.4, 0.5) is 5.88 Å². The Balaban J connectivity index is 1.35. The number of nitrogens with zero attached hydrogens (tertiary/aromatic N) is 2. The fourth-order valence-corrected chi connectivity index (χ4v) is 4.40. The molecule has 0 radical (unpaired) electrons. The van der Waals surface area contributed by atoms with Gasteiger partial charge in [0.15, 0.2) is 0 Å². The minimum Gasteiger partial charge on any atom is -0.415 e. The molecule has 3 aliphatic heterocycles. The third kappa shape index (κ3) is 4.33. The van der Waals surface area contributed by atoms with Crippen LogP contribution in [0.15, 0.2) is 45.0 Å². The molecule has 2 N–H and O–H groups in total. The number of fused-ring (bicyclic) bond motifs is 3. The Labute approximate surface area is 161 Å². The van der Waals surface area contributed by atoms with Crippen molar-refractivity contribution in [2.75, 3.05) is 25.0 Å². The van der Waals surface area contributed by atoms with Crippen molar-refractivity contribution >= 4 is 29.5 Å². The first kappa shape index (κ1) is 18.1. The fourth-order valence-electron chi connectivity index (χ4n) is 3.69. The summed E-state index contributed by atoms with van der Waals surface area (Å²) in [6.07, 6.45) is 3.83. The van der Waals surface area contributed by atoms with Gasteiger partial charge in [-0.1, -0.05) is 0 Å². The molecule has 3 saturated heterocycles. The fraction of sp³-hybridized carbons (Fsp3) is 0.421. The molecule has 0 saturated carbocycles. The Bertz CT molecular complexity index is 828. The highest BCUT2D eigenvalue weighted by atomic mass is 32.2. The van der Waals surface area contributed by atoms with Gasteiger partial charge in [-0.25, -0.2) is 4.98 Å². The van der Waals surface area contributed by atoms with Gasteiger partial charge in [0.2, 0.25) is 11.8 Å². The van der Waals surface area contributed by atoms with E-state index in [2.05, 4.69) is 20.5 Å². The molecule has 4 heterocycles. The van der Waals surface area contributed by atoms with Crippen LogP contribution < -0.4 is 10.6 Å². The van der Waals surface area contributed by atoms with E-state index in [0.29, 0.717) is 22.6 Å². The summed E-state index contributed by atoms with van der Waals surface area (Å²) in [6, 6.07) is 7.64. The third-order valence-electron chi connectivity index (χ3n) is 5.08. The van der Waals surface area contributed by atoms with Crippen molar-refractivity contribution in [3.8, 4) is 0 Å². The molecule has 142 valence electrons. The summed E-state index contributed by atoms with van der Waals surface area (Å²) in [6.45, 7) is 4.70. The summed E-state index contributed by atoms with van der Waals surface area (Å²) in [5, 5.41) is 6.18. The molecule has 5 rings (SSSR count). The summed E-state index contributed by atoms with van der Waals surface area (Å²) in [4.78, 5) is 31.0. The molecule has 27 heavy (non-hydrogen) atoms. The highest BCUT2D eigenvalue weighted by Gasteiger charge is 2.34. The van der Waals surface area contributed by atoms with Gasteiger partial charge in [0.25, 0.3) is 11.1 Å². The second-order valence-corrected chi connectivity index (χ2v) is 8.04. The molecule has 2 amide bonds. The predicted molar refractivity (Wildman–Crippen MR) is 102 cm³/mol. The van der Waals surface area contributed by atoms with E-state index in [1.807, 2.05) is 24.3 Å². The second-order valence-electron chi connectivity index (χ2n) is 7.02. The molecular formula is C19H22N4O3S. The van der Waals surface area contributed by atoms with Crippen LogP contribution in [0.1, 0.15) is 30.1 Å². The zero-order valence-electron chi connectivity index (χ0n) is 15.1. The number of amides is 2. The molecule has 2 aromatic rings. The lowest BCUT2D eigenvalue weighted by atomic mass is 9.84. The van der Waals surface area contributed by atoms with Crippen LogP contribution >= 0.6 is 11.8 Å². The number of carbonyl (C=O) groups is 2. The highest BCUT2D eigenvalue weighted by molar-refractivity contribution is 7.99. The lowest BCUT2D eigenvalue weighted by molar-refractivity contribution is -0.114. The van der Waals surface area contributed by atoms with E-state index < -0.39 is 0 Å². The van der Waals surface area contributed by atoms with E-state index in [1.165, 1.54) is 37.7 Å². The van der Waals surface area contributed by atoms with Gasteiger partial charge < -0.3 is 14.6 Å². The molecule has 1 aromatic carbocycles. The van der Waals surface area contributed by atoms with Crippen molar-refractivity contribution in [2.45, 2.75) is 35.9 Å². The topological polar surface area (TPSA) is 87.5 Å². The van der Waals surface area contributed by atoms with Crippen molar-refractivity contribution < 1.29 is 14.0 Å². The average Bonchev–Trinajstić information content (AvgIpc) is 3.09. The summed E-state index contributed by atoms with van der Waals surface area (Å²) >= 11 is 1.33. The van der Waals surface area contributed by atoms with Crippen LogP contribution in [0.2, 0.25) is 0 Å². The quantitative estimate of drug-likeness (QED) is 0.821. The number of nitrogens with one attached hydrogen (secondary N) is 2. The lowest BCUT2D eigenvalue weighted by Crippen LogP contribution is -2.57. The van der Waals surface area contributed by atoms with E-state index >= 15 is 0 Å². The van der Waals surface area contributed by atoms with Gasteiger partial charge in [0, 0.05) is 30.0 Å². The molecule has 0 spiro atoms. The van der Waals surface area contributed by atoms with Crippen molar-refractivity contribution in [3.63, 3.8) is 0 Å². The normalized spacial score (nSPS) is 23.8. The Morgan fingerprint density at radius 2 is 1.96 bits per heavy atom. The summed E-state index contributed by atoms with van der Waals surface area (Å²) < 4.78 is 5.44. The molecule has 8 heteroatoms. The molecular weight excluding hydrogens is 364 g/mol. The number of piperidine rings is 3. The molecule has 1 unspecified atom stereocenters. The number of anilines is 1. The third-order valence-corrected chi connectivity index (χ3v) is 5.95. The maximum Gasteiger partial charge on any atom is 0.262 e. The average molecular weight is 386 g/mol. The van der Waals surface area contributed by atoms with Crippen LogP contribution in [-0.2, 0) is 4.79 Å². The molecule has 7 nitrogen and oxygen atoms in total. The minimum atomic E-state index is -0.207. The zero-order valence-corrected chi connectivity index (χ0v) is 15.9. The second kappa shape index (κ2) is 7.74. The first-order valence-corrected chi connectivity index (χ1v) is 9.93. The van der Waals surface area contributed by atoms with E-state index in [1.54, 1.807) is 0 Å². The molecule has 1 aromatic heterocycles. The Morgan fingerprint density at radius 3 is 2.59 bits per heavy atom. The Kier molecular flexibility index (Phi) is 5.18. The molecule has 3 fully saturated rings. The number of benzene rings is 1. The first-order valence-electron chi connectivity index (χ1n) is 9.11. The van der Waals surface area contributed by atoms with Crippen LogP contribution in [0.5, 0.6) is 0 Å². The van der Waals surface area contributed by atoms with E-state index in [4.69, 9.17) is 4.42 Å². The van der Waals surface area contributed by atoms with Gasteiger partial charge >= 0.3 is 0 Å². The number of carbonyl (C=O) groups excluding carboxylic acids is 2. The summed E-state index contributed by atoms with van der Waals surface area (Å²) in [5.41, 5.74) is 0.655. The van der Waals surface area contributed by atoms with E-state index in [0.717, 1.165) is 24.5 Å². The Morgan fingerprint density at radius 1 is 1.22 bits per heavy atom. The number of oxazole rings is 1. The molecule has 2 bridgehead atoms.